The number of hydrogen-bond donors (Lipinski definition) is 3. The van der Waals surface area contributed by atoms with E-state index in [4.69, 9.17) is 11.6 Å². The Kier molecular flexibility index (Phi) is 6.65. The molecule has 1 aromatic heterocycles. The number of phenols is 1. The number of nitro benzene ring substituents is 1. The molecule has 0 fully saturated rings. The molecule has 0 aliphatic rings. The third kappa shape index (κ3) is 5.13. The highest BCUT2D eigenvalue weighted by Crippen LogP contribution is 2.22. The van der Waals surface area contributed by atoms with Crippen LogP contribution in [0.2, 0.25) is 5.02 Å². The molecule has 0 aliphatic heterocycles. The number of carbonyl (C=O) groups is 1. The van der Waals surface area contributed by atoms with Crippen molar-refractivity contribution >= 4 is 41.2 Å². The van der Waals surface area contributed by atoms with Gasteiger partial charge in [0, 0.05) is 22.7 Å². The molecule has 1 amide bonds. The van der Waals surface area contributed by atoms with Gasteiger partial charge in [-0.1, -0.05) is 17.7 Å². The number of halogens is 1. The molecule has 12 heteroatoms. The van der Waals surface area contributed by atoms with E-state index < -0.39 is 10.8 Å². The number of thioether (sulfide) groups is 1. The molecule has 0 saturated carbocycles. The summed E-state index contributed by atoms with van der Waals surface area (Å²) in [5, 5.41) is 32.5. The Balaban J connectivity index is 1.59. The number of benzene rings is 2. The quantitative estimate of drug-likeness (QED) is 0.167. The first-order valence-electron chi connectivity index (χ1n) is 8.47. The molecule has 10 nitrogen and oxygen atoms in total. The van der Waals surface area contributed by atoms with Crippen LogP contribution in [0, 0.1) is 10.1 Å². The molecule has 30 heavy (non-hydrogen) atoms. The van der Waals surface area contributed by atoms with E-state index in [2.05, 4.69) is 20.7 Å². The summed E-state index contributed by atoms with van der Waals surface area (Å²) in [4.78, 5) is 22.2. The highest BCUT2D eigenvalue weighted by Gasteiger charge is 2.20. The Bertz CT molecular complexity index is 1130. The fourth-order valence-electron chi connectivity index (χ4n) is 2.46. The van der Waals surface area contributed by atoms with Crippen molar-refractivity contribution < 1.29 is 19.4 Å². The number of nitro groups is 1. The molecule has 154 valence electrons. The van der Waals surface area contributed by atoms with Crippen LogP contribution in [0.1, 0.15) is 5.56 Å². The minimum absolute atomic E-state index is 0.0337. The number of phenolic OH excluding ortho intramolecular Hbond substituents is 1. The van der Waals surface area contributed by atoms with E-state index in [0.29, 0.717) is 10.2 Å². The standard InChI is InChI=1S/C18H15ClN6O4S/c1-24-17(11-3-2-4-13(19)7-11)22-23-18(24)30-10-16(27)21-20-9-12-8-14(25(28)29)5-6-15(12)26/h2-9H,10H2,1H3,(H2,20,21,26,27)/p+1. The number of nitrogens with zero attached hydrogens (tertiary/aromatic N) is 4. The lowest BCUT2D eigenvalue weighted by atomic mass is 10.2. The zero-order chi connectivity index (χ0) is 21.7. The van der Waals surface area contributed by atoms with Crippen molar-refractivity contribution in [3.8, 4) is 17.1 Å². The number of nitrogens with one attached hydrogen (secondary N) is 2. The average Bonchev–Trinajstić information content (AvgIpc) is 3.08. The third-order valence-corrected chi connectivity index (χ3v) is 5.19. The zero-order valence-corrected chi connectivity index (χ0v) is 17.1. The molecule has 0 aliphatic carbocycles. The van der Waals surface area contributed by atoms with Crippen LogP contribution in [0.15, 0.2) is 52.7 Å². The lowest BCUT2D eigenvalue weighted by Gasteiger charge is -2.00. The van der Waals surface area contributed by atoms with Gasteiger partial charge in [-0.2, -0.15) is 5.10 Å². The van der Waals surface area contributed by atoms with Gasteiger partial charge < -0.3 is 5.11 Å². The first kappa shape index (κ1) is 21.3. The minimum Gasteiger partial charge on any atom is -0.507 e. The molecule has 3 aromatic rings. The Hall–Kier alpha value is -3.44. The summed E-state index contributed by atoms with van der Waals surface area (Å²) >= 11 is 7.21. The summed E-state index contributed by atoms with van der Waals surface area (Å²) in [5.74, 6) is 0.171. The largest absolute Gasteiger partial charge is 0.507 e. The summed E-state index contributed by atoms with van der Waals surface area (Å²) in [6, 6.07) is 10.8. The maximum Gasteiger partial charge on any atom is 0.337 e. The second kappa shape index (κ2) is 9.37. The molecular formula is C18H16ClN6O4S+. The van der Waals surface area contributed by atoms with Crippen LogP contribution in [0.3, 0.4) is 0 Å². The van der Waals surface area contributed by atoms with Crippen LogP contribution >= 0.6 is 23.4 Å². The Morgan fingerprint density at radius 3 is 2.97 bits per heavy atom. The Morgan fingerprint density at radius 2 is 2.23 bits per heavy atom. The molecule has 0 atom stereocenters. The van der Waals surface area contributed by atoms with Crippen LogP contribution in [-0.4, -0.2) is 38.1 Å². The zero-order valence-electron chi connectivity index (χ0n) is 15.6. The van der Waals surface area contributed by atoms with Crippen LogP contribution in [0.25, 0.3) is 11.4 Å². The minimum atomic E-state index is -0.590. The molecular weight excluding hydrogens is 432 g/mol. The number of hydrogen-bond acceptors (Lipinski definition) is 7. The summed E-state index contributed by atoms with van der Waals surface area (Å²) in [5.41, 5.74) is 3.08. The molecule has 0 bridgehead atoms. The highest BCUT2D eigenvalue weighted by atomic mass is 35.5. The molecule has 0 saturated heterocycles. The number of non-ortho nitro benzene ring substituents is 1. The van der Waals surface area contributed by atoms with E-state index in [1.54, 1.807) is 16.7 Å². The molecule has 0 spiro atoms. The van der Waals surface area contributed by atoms with Gasteiger partial charge in [0.15, 0.2) is 0 Å². The van der Waals surface area contributed by atoms with Crippen molar-refractivity contribution in [2.45, 2.75) is 5.16 Å². The SMILES string of the molecule is C[n+]1c(SCC(=O)NN=Cc2cc([N+](=O)[O-])ccc2O)n[nH]c1-c1cccc(Cl)c1. The topological polar surface area (TPSA) is 137 Å². The lowest BCUT2D eigenvalue weighted by molar-refractivity contribution is -0.698. The summed E-state index contributed by atoms with van der Waals surface area (Å²) in [6.07, 6.45) is 1.14. The van der Waals surface area contributed by atoms with Crippen molar-refractivity contribution in [3.63, 3.8) is 0 Å². The van der Waals surface area contributed by atoms with Gasteiger partial charge in [-0.3, -0.25) is 14.9 Å². The predicted molar refractivity (Wildman–Crippen MR) is 111 cm³/mol. The Labute approximate surface area is 179 Å². The van der Waals surface area contributed by atoms with E-state index in [1.165, 1.54) is 23.9 Å². The molecule has 0 unspecified atom stereocenters. The van der Waals surface area contributed by atoms with Gasteiger partial charge in [0.25, 0.3) is 17.4 Å². The number of aromatic hydroxyl groups is 1. The first-order chi connectivity index (χ1) is 14.3. The maximum atomic E-state index is 12.0. The number of aromatic nitrogens is 3. The van der Waals surface area contributed by atoms with Crippen molar-refractivity contribution in [1.82, 2.24) is 15.6 Å². The summed E-state index contributed by atoms with van der Waals surface area (Å²) < 4.78 is 1.80. The van der Waals surface area contributed by atoms with Crippen molar-refractivity contribution in [3.05, 3.63) is 63.2 Å². The molecule has 0 radical (unpaired) electrons. The smallest absolute Gasteiger partial charge is 0.337 e. The van der Waals surface area contributed by atoms with Crippen LogP contribution in [0.5, 0.6) is 5.75 Å². The van der Waals surface area contributed by atoms with Gasteiger partial charge in [-0.15, -0.1) is 5.10 Å². The number of aromatic amines is 1. The van der Waals surface area contributed by atoms with Crippen molar-refractivity contribution in [1.29, 1.82) is 0 Å². The first-order valence-corrected chi connectivity index (χ1v) is 9.84. The normalized spacial score (nSPS) is 11.0. The fourth-order valence-corrected chi connectivity index (χ4v) is 3.37. The van der Waals surface area contributed by atoms with Gasteiger partial charge in [0.1, 0.15) is 5.75 Å². The second-order valence-corrected chi connectivity index (χ2v) is 7.39. The van der Waals surface area contributed by atoms with Crippen molar-refractivity contribution in [2.75, 3.05) is 5.75 Å². The van der Waals surface area contributed by atoms with Crippen LogP contribution < -0.4 is 9.99 Å². The van der Waals surface area contributed by atoms with Gasteiger partial charge in [0.2, 0.25) is 0 Å². The highest BCUT2D eigenvalue weighted by molar-refractivity contribution is 7.99. The number of rotatable bonds is 7. The van der Waals surface area contributed by atoms with E-state index in [0.717, 1.165) is 23.7 Å². The van der Waals surface area contributed by atoms with Crippen LogP contribution in [-0.2, 0) is 11.8 Å². The lowest BCUT2D eigenvalue weighted by Crippen LogP contribution is -2.32. The molecule has 3 N–H and O–H groups in total. The van der Waals surface area contributed by atoms with Crippen LogP contribution in [0.4, 0.5) is 5.69 Å². The van der Waals surface area contributed by atoms with E-state index in [-0.39, 0.29) is 22.8 Å². The second-order valence-electron chi connectivity index (χ2n) is 6.01. The molecule has 1 heterocycles. The Morgan fingerprint density at radius 1 is 1.43 bits per heavy atom. The van der Waals surface area contributed by atoms with Gasteiger partial charge >= 0.3 is 5.16 Å². The number of amides is 1. The number of carbonyl (C=O) groups excluding carboxylic acids is 1. The van der Waals surface area contributed by atoms with E-state index >= 15 is 0 Å². The van der Waals surface area contributed by atoms with Gasteiger partial charge in [0.05, 0.1) is 34.6 Å². The van der Waals surface area contributed by atoms with E-state index in [9.17, 15) is 20.0 Å². The predicted octanol–water partition coefficient (Wildman–Crippen LogP) is 2.41. The molecule has 2 aromatic carbocycles. The fraction of sp³-hybridized carbons (Fsp3) is 0.111. The average molecular weight is 448 g/mol. The number of hydrazone groups is 1. The third-order valence-electron chi connectivity index (χ3n) is 3.93. The maximum absolute atomic E-state index is 12.0. The van der Waals surface area contributed by atoms with Gasteiger partial charge in [-0.05, 0) is 36.0 Å². The summed E-state index contributed by atoms with van der Waals surface area (Å²) in [6.45, 7) is 0. The van der Waals surface area contributed by atoms with Gasteiger partial charge in [-0.25, -0.2) is 9.99 Å². The monoisotopic (exact) mass is 447 g/mol. The molecule has 3 rings (SSSR count). The number of H-pyrrole nitrogens is 1. The summed E-state index contributed by atoms with van der Waals surface area (Å²) in [7, 11) is 1.81. The van der Waals surface area contributed by atoms with E-state index in [1.807, 2.05) is 19.2 Å². The van der Waals surface area contributed by atoms with Crippen molar-refractivity contribution in [2.24, 2.45) is 12.1 Å².